The fourth-order valence-corrected chi connectivity index (χ4v) is 3.16. The number of ether oxygens (including phenoxy) is 1. The van der Waals surface area contributed by atoms with Crippen LogP contribution in [0.1, 0.15) is 16.7 Å². The Hall–Kier alpha value is -1.80. The molecule has 0 aliphatic carbocycles. The summed E-state index contributed by atoms with van der Waals surface area (Å²) in [5, 5.41) is 3.19. The monoisotopic (exact) mass is 466 g/mol. The highest BCUT2D eigenvalue weighted by atomic mass is 127. The van der Waals surface area contributed by atoms with Crippen molar-refractivity contribution in [2.75, 3.05) is 36.5 Å². The van der Waals surface area contributed by atoms with E-state index in [4.69, 9.17) is 10.5 Å². The normalized spacial score (nSPS) is 14.7. The Morgan fingerprint density at radius 2 is 1.77 bits per heavy atom. The molecule has 1 heterocycles. The number of hydrogen-bond donors (Lipinski definition) is 2. The summed E-state index contributed by atoms with van der Waals surface area (Å²) in [5.41, 5.74) is 11.9. The summed E-state index contributed by atoms with van der Waals surface area (Å²) >= 11 is 0. The van der Waals surface area contributed by atoms with Crippen LogP contribution in [0.5, 0.6) is 0 Å². The fraction of sp³-hybridized carbons (Fsp3) is 0.350. The third-order valence-corrected chi connectivity index (χ3v) is 4.26. The molecule has 0 aromatic heterocycles. The highest BCUT2D eigenvalue weighted by Crippen LogP contribution is 2.22. The fourth-order valence-electron chi connectivity index (χ4n) is 3.16. The van der Waals surface area contributed by atoms with Gasteiger partial charge in [-0.2, -0.15) is 0 Å². The van der Waals surface area contributed by atoms with Crippen molar-refractivity contribution >= 4 is 41.3 Å². The molecule has 1 saturated heterocycles. The maximum absolute atomic E-state index is 6.09. The predicted molar refractivity (Wildman–Crippen MR) is 120 cm³/mol. The van der Waals surface area contributed by atoms with Gasteiger partial charge < -0.3 is 20.7 Å². The number of halogens is 1. The third kappa shape index (κ3) is 5.60. The van der Waals surface area contributed by atoms with Gasteiger partial charge in [-0.1, -0.05) is 24.3 Å². The van der Waals surface area contributed by atoms with Crippen LogP contribution in [0.4, 0.5) is 11.4 Å². The van der Waals surface area contributed by atoms with Gasteiger partial charge >= 0.3 is 0 Å². The van der Waals surface area contributed by atoms with Gasteiger partial charge in [-0.05, 0) is 48.7 Å². The molecule has 3 rings (SSSR count). The summed E-state index contributed by atoms with van der Waals surface area (Å²) in [6, 6.07) is 14.6. The molecule has 0 spiro atoms. The number of nitrogens with zero attached hydrogens (tertiary/aromatic N) is 2. The molecular formula is C20H27IN4O. The number of guanidine groups is 1. The number of rotatable bonds is 4. The van der Waals surface area contributed by atoms with Crippen molar-refractivity contribution in [2.24, 2.45) is 10.7 Å². The Balaban J connectivity index is 0.00000243. The second-order valence-electron chi connectivity index (χ2n) is 6.43. The Morgan fingerprint density at radius 1 is 1.12 bits per heavy atom. The number of para-hydroxylation sites is 1. The van der Waals surface area contributed by atoms with Crippen molar-refractivity contribution in [1.82, 2.24) is 0 Å². The number of morpholine rings is 1. The number of hydrogen-bond acceptors (Lipinski definition) is 3. The molecule has 1 aliphatic rings. The van der Waals surface area contributed by atoms with E-state index in [2.05, 4.69) is 65.5 Å². The average Bonchev–Trinajstić information content (AvgIpc) is 2.60. The van der Waals surface area contributed by atoms with Crippen LogP contribution in [0, 0.1) is 13.8 Å². The van der Waals surface area contributed by atoms with E-state index in [1.165, 1.54) is 22.4 Å². The van der Waals surface area contributed by atoms with Crippen LogP contribution in [0.3, 0.4) is 0 Å². The molecular weight excluding hydrogens is 439 g/mol. The SMILES string of the molecule is Cc1cc(C)cc(NC(N)=NCc2ccccc2N2CCOCC2)c1.I. The molecule has 140 valence electrons. The molecule has 0 radical (unpaired) electrons. The number of aliphatic imine (C=N–C) groups is 1. The van der Waals surface area contributed by atoms with Gasteiger partial charge in [0.15, 0.2) is 5.96 Å². The molecule has 2 aromatic rings. The van der Waals surface area contributed by atoms with E-state index >= 15 is 0 Å². The lowest BCUT2D eigenvalue weighted by molar-refractivity contribution is 0.122. The zero-order valence-corrected chi connectivity index (χ0v) is 17.7. The minimum absolute atomic E-state index is 0. The maximum atomic E-state index is 6.09. The minimum Gasteiger partial charge on any atom is -0.378 e. The van der Waals surface area contributed by atoms with Gasteiger partial charge in [0.05, 0.1) is 19.8 Å². The molecule has 2 aromatic carbocycles. The molecule has 5 nitrogen and oxygen atoms in total. The summed E-state index contributed by atoms with van der Waals surface area (Å²) in [6.45, 7) is 8.07. The average molecular weight is 466 g/mol. The molecule has 0 saturated carbocycles. The zero-order valence-electron chi connectivity index (χ0n) is 15.4. The molecule has 1 fully saturated rings. The molecule has 3 N–H and O–H groups in total. The second-order valence-corrected chi connectivity index (χ2v) is 6.43. The van der Waals surface area contributed by atoms with Crippen molar-refractivity contribution in [2.45, 2.75) is 20.4 Å². The van der Waals surface area contributed by atoms with Crippen LogP contribution >= 0.6 is 24.0 Å². The Labute approximate surface area is 172 Å². The number of nitrogens with two attached hydrogens (primary N) is 1. The molecule has 0 atom stereocenters. The van der Waals surface area contributed by atoms with Crippen LogP contribution in [-0.2, 0) is 11.3 Å². The Kier molecular flexibility index (Phi) is 7.71. The van der Waals surface area contributed by atoms with Crippen LogP contribution in [0.25, 0.3) is 0 Å². The lowest BCUT2D eigenvalue weighted by Crippen LogP contribution is -2.36. The number of nitrogens with one attached hydrogen (secondary N) is 1. The Morgan fingerprint density at radius 3 is 2.46 bits per heavy atom. The predicted octanol–water partition coefficient (Wildman–Crippen LogP) is 3.68. The quantitative estimate of drug-likeness (QED) is 0.410. The summed E-state index contributed by atoms with van der Waals surface area (Å²) in [4.78, 5) is 6.88. The van der Waals surface area contributed by atoms with E-state index in [0.29, 0.717) is 12.5 Å². The van der Waals surface area contributed by atoms with E-state index < -0.39 is 0 Å². The molecule has 1 aliphatic heterocycles. The molecule has 0 bridgehead atoms. The molecule has 6 heteroatoms. The zero-order chi connectivity index (χ0) is 17.6. The van der Waals surface area contributed by atoms with E-state index in [-0.39, 0.29) is 24.0 Å². The van der Waals surface area contributed by atoms with Crippen LogP contribution in [-0.4, -0.2) is 32.3 Å². The van der Waals surface area contributed by atoms with Crippen LogP contribution in [0.15, 0.2) is 47.5 Å². The molecule has 0 amide bonds. The lowest BCUT2D eigenvalue weighted by Gasteiger charge is -2.30. The summed E-state index contributed by atoms with van der Waals surface area (Å²) in [6.07, 6.45) is 0. The highest BCUT2D eigenvalue weighted by molar-refractivity contribution is 14.0. The first-order chi connectivity index (χ1) is 12.1. The summed E-state index contributed by atoms with van der Waals surface area (Å²) in [5.74, 6) is 0.432. The first-order valence-corrected chi connectivity index (χ1v) is 8.67. The lowest BCUT2D eigenvalue weighted by atomic mass is 10.1. The van der Waals surface area contributed by atoms with Gasteiger partial charge in [0.25, 0.3) is 0 Å². The highest BCUT2D eigenvalue weighted by Gasteiger charge is 2.14. The summed E-state index contributed by atoms with van der Waals surface area (Å²) in [7, 11) is 0. The van der Waals surface area contributed by atoms with Crippen molar-refractivity contribution in [3.8, 4) is 0 Å². The smallest absolute Gasteiger partial charge is 0.193 e. The van der Waals surface area contributed by atoms with Gasteiger partial charge in [0.1, 0.15) is 0 Å². The van der Waals surface area contributed by atoms with E-state index in [9.17, 15) is 0 Å². The van der Waals surface area contributed by atoms with Crippen molar-refractivity contribution in [3.63, 3.8) is 0 Å². The van der Waals surface area contributed by atoms with Crippen molar-refractivity contribution in [3.05, 3.63) is 59.2 Å². The van der Waals surface area contributed by atoms with Gasteiger partial charge in [-0.25, -0.2) is 4.99 Å². The van der Waals surface area contributed by atoms with Crippen molar-refractivity contribution in [1.29, 1.82) is 0 Å². The Bertz CT molecular complexity index is 737. The van der Waals surface area contributed by atoms with Gasteiger partial charge in [-0.15, -0.1) is 24.0 Å². The van der Waals surface area contributed by atoms with Crippen LogP contribution < -0.4 is 16.0 Å². The van der Waals surface area contributed by atoms with Crippen molar-refractivity contribution < 1.29 is 4.74 Å². The summed E-state index contributed by atoms with van der Waals surface area (Å²) < 4.78 is 5.45. The van der Waals surface area contributed by atoms with E-state index in [0.717, 1.165) is 32.0 Å². The van der Waals surface area contributed by atoms with Gasteiger partial charge in [0, 0.05) is 24.5 Å². The standard InChI is InChI=1S/C20H26N4O.HI/c1-15-11-16(2)13-18(12-15)23-20(21)22-14-17-5-3-4-6-19(17)24-7-9-25-10-8-24;/h3-6,11-13H,7-10,14H2,1-2H3,(H3,21,22,23);1H. The number of anilines is 2. The maximum Gasteiger partial charge on any atom is 0.193 e. The van der Waals surface area contributed by atoms with E-state index in [1.54, 1.807) is 0 Å². The molecule has 26 heavy (non-hydrogen) atoms. The topological polar surface area (TPSA) is 62.9 Å². The molecule has 0 unspecified atom stereocenters. The largest absolute Gasteiger partial charge is 0.378 e. The van der Waals surface area contributed by atoms with E-state index in [1.807, 2.05) is 6.07 Å². The van der Waals surface area contributed by atoms with Gasteiger partial charge in [0.2, 0.25) is 0 Å². The second kappa shape index (κ2) is 9.78. The minimum atomic E-state index is 0. The first kappa shape index (κ1) is 20.5. The number of benzene rings is 2. The van der Waals surface area contributed by atoms with Crippen LogP contribution in [0.2, 0.25) is 0 Å². The first-order valence-electron chi connectivity index (χ1n) is 8.67. The number of aryl methyl sites for hydroxylation is 2. The van der Waals surface area contributed by atoms with Gasteiger partial charge in [-0.3, -0.25) is 0 Å². The third-order valence-electron chi connectivity index (χ3n) is 4.26.